The van der Waals surface area contributed by atoms with E-state index in [1.54, 1.807) is 19.2 Å². The van der Waals surface area contributed by atoms with Crippen LogP contribution in [0.2, 0.25) is 0 Å². The molecule has 0 heterocycles. The molecule has 1 aliphatic carbocycles. The molecule has 3 aromatic rings. The highest BCUT2D eigenvalue weighted by molar-refractivity contribution is 5.68. The SMILES string of the molecule is COc1cccc2c1C=CC(c1ccccc1)(c1ccc(C(F)(F)F)cc1)C2. The minimum Gasteiger partial charge on any atom is -0.496 e. The van der Waals surface area contributed by atoms with Gasteiger partial charge in [0.15, 0.2) is 0 Å². The summed E-state index contributed by atoms with van der Waals surface area (Å²) >= 11 is 0. The maximum Gasteiger partial charge on any atom is 0.416 e. The number of rotatable bonds is 3. The number of alkyl halides is 3. The van der Waals surface area contributed by atoms with Crippen molar-refractivity contribution >= 4 is 6.08 Å². The van der Waals surface area contributed by atoms with Crippen molar-refractivity contribution in [2.24, 2.45) is 0 Å². The van der Waals surface area contributed by atoms with Gasteiger partial charge in [0.2, 0.25) is 0 Å². The van der Waals surface area contributed by atoms with Crippen LogP contribution in [0.1, 0.15) is 27.8 Å². The summed E-state index contributed by atoms with van der Waals surface area (Å²) in [6.45, 7) is 0. The van der Waals surface area contributed by atoms with Gasteiger partial charge in [-0.2, -0.15) is 13.2 Å². The van der Waals surface area contributed by atoms with E-state index in [4.69, 9.17) is 4.74 Å². The molecule has 0 amide bonds. The van der Waals surface area contributed by atoms with Gasteiger partial charge in [0.1, 0.15) is 5.75 Å². The van der Waals surface area contributed by atoms with Crippen LogP contribution in [0.3, 0.4) is 0 Å². The van der Waals surface area contributed by atoms with Crippen molar-refractivity contribution in [2.45, 2.75) is 18.0 Å². The van der Waals surface area contributed by atoms with E-state index in [0.717, 1.165) is 40.1 Å². The van der Waals surface area contributed by atoms with Crippen molar-refractivity contribution in [3.8, 4) is 5.75 Å². The molecule has 0 aromatic heterocycles. The van der Waals surface area contributed by atoms with Crippen LogP contribution in [-0.4, -0.2) is 7.11 Å². The van der Waals surface area contributed by atoms with Crippen molar-refractivity contribution < 1.29 is 17.9 Å². The highest BCUT2D eigenvalue weighted by Gasteiger charge is 2.36. The molecule has 1 atom stereocenters. The Kier molecular flexibility index (Phi) is 4.50. The summed E-state index contributed by atoms with van der Waals surface area (Å²) < 4.78 is 44.6. The average Bonchev–Trinajstić information content (AvgIpc) is 2.73. The molecule has 142 valence electrons. The Morgan fingerprint density at radius 3 is 2.14 bits per heavy atom. The Hall–Kier alpha value is -3.01. The molecule has 1 aliphatic rings. The first-order chi connectivity index (χ1) is 13.4. The van der Waals surface area contributed by atoms with Gasteiger partial charge in [-0.05, 0) is 41.3 Å². The molecule has 0 aliphatic heterocycles. The lowest BCUT2D eigenvalue weighted by Gasteiger charge is -2.36. The second kappa shape index (κ2) is 6.86. The molecule has 1 unspecified atom stereocenters. The summed E-state index contributed by atoms with van der Waals surface area (Å²) in [7, 11) is 1.64. The Morgan fingerprint density at radius 2 is 1.50 bits per heavy atom. The Morgan fingerprint density at radius 1 is 0.821 bits per heavy atom. The van der Waals surface area contributed by atoms with Crippen molar-refractivity contribution in [1.29, 1.82) is 0 Å². The first kappa shape index (κ1) is 18.4. The summed E-state index contributed by atoms with van der Waals surface area (Å²) in [4.78, 5) is 0. The summed E-state index contributed by atoms with van der Waals surface area (Å²) in [5, 5.41) is 0. The number of benzene rings is 3. The van der Waals surface area contributed by atoms with Crippen LogP contribution in [-0.2, 0) is 18.0 Å². The van der Waals surface area contributed by atoms with Crippen molar-refractivity contribution in [1.82, 2.24) is 0 Å². The molecule has 3 aromatic carbocycles. The summed E-state index contributed by atoms with van der Waals surface area (Å²) in [5.74, 6) is 0.794. The van der Waals surface area contributed by atoms with Crippen LogP contribution in [0.5, 0.6) is 5.75 Å². The Labute approximate surface area is 162 Å². The van der Waals surface area contributed by atoms with Crippen molar-refractivity contribution in [3.05, 3.63) is 107 Å². The van der Waals surface area contributed by atoms with E-state index in [1.165, 1.54) is 0 Å². The van der Waals surface area contributed by atoms with Gasteiger partial charge in [0.25, 0.3) is 0 Å². The van der Waals surface area contributed by atoms with Crippen molar-refractivity contribution in [3.63, 3.8) is 0 Å². The van der Waals surface area contributed by atoms with Crippen LogP contribution in [0.25, 0.3) is 6.08 Å². The predicted octanol–water partition coefficient (Wildman–Crippen LogP) is 6.27. The lowest BCUT2D eigenvalue weighted by Crippen LogP contribution is -2.30. The van der Waals surface area contributed by atoms with Crippen LogP contribution in [0.4, 0.5) is 13.2 Å². The van der Waals surface area contributed by atoms with E-state index in [2.05, 4.69) is 6.08 Å². The number of ether oxygens (including phenoxy) is 1. The van der Waals surface area contributed by atoms with E-state index in [-0.39, 0.29) is 0 Å². The minimum absolute atomic E-state index is 0.537. The maximum atomic E-state index is 13.0. The maximum absolute atomic E-state index is 13.0. The molecule has 4 rings (SSSR count). The largest absolute Gasteiger partial charge is 0.496 e. The molecule has 0 saturated carbocycles. The van der Waals surface area contributed by atoms with Gasteiger partial charge in [-0.15, -0.1) is 0 Å². The number of hydrogen-bond acceptors (Lipinski definition) is 1. The summed E-state index contributed by atoms with van der Waals surface area (Å²) in [5.41, 5.74) is 2.82. The molecule has 0 radical (unpaired) electrons. The Balaban J connectivity index is 1.87. The highest BCUT2D eigenvalue weighted by Crippen LogP contribution is 2.44. The molecule has 28 heavy (non-hydrogen) atoms. The van der Waals surface area contributed by atoms with Gasteiger partial charge in [0, 0.05) is 11.0 Å². The van der Waals surface area contributed by atoms with Gasteiger partial charge in [-0.1, -0.05) is 66.7 Å². The molecule has 1 nitrogen and oxygen atoms in total. The first-order valence-corrected chi connectivity index (χ1v) is 9.02. The zero-order chi connectivity index (χ0) is 19.8. The van der Waals surface area contributed by atoms with Crippen LogP contribution >= 0.6 is 0 Å². The smallest absolute Gasteiger partial charge is 0.416 e. The molecule has 0 saturated heterocycles. The molecule has 0 bridgehead atoms. The van der Waals surface area contributed by atoms with E-state index < -0.39 is 17.2 Å². The third kappa shape index (κ3) is 3.09. The lowest BCUT2D eigenvalue weighted by molar-refractivity contribution is -0.137. The second-order valence-corrected chi connectivity index (χ2v) is 6.96. The molecule has 4 heteroatoms. The summed E-state index contributed by atoms with van der Waals surface area (Å²) in [6, 6.07) is 21.3. The monoisotopic (exact) mass is 380 g/mol. The van der Waals surface area contributed by atoms with Crippen LogP contribution in [0.15, 0.2) is 78.9 Å². The fourth-order valence-electron chi connectivity index (χ4n) is 3.95. The first-order valence-electron chi connectivity index (χ1n) is 9.02. The van der Waals surface area contributed by atoms with Gasteiger partial charge in [-0.25, -0.2) is 0 Å². The van der Waals surface area contributed by atoms with Gasteiger partial charge < -0.3 is 4.74 Å². The quantitative estimate of drug-likeness (QED) is 0.520. The normalized spacial score (nSPS) is 18.6. The molecule has 0 N–H and O–H groups in total. The third-order valence-corrected chi connectivity index (χ3v) is 5.40. The van der Waals surface area contributed by atoms with E-state index in [0.29, 0.717) is 6.42 Å². The molecule has 0 fully saturated rings. The highest BCUT2D eigenvalue weighted by atomic mass is 19.4. The third-order valence-electron chi connectivity index (χ3n) is 5.40. The van der Waals surface area contributed by atoms with Gasteiger partial charge >= 0.3 is 6.18 Å². The fourth-order valence-corrected chi connectivity index (χ4v) is 3.95. The minimum atomic E-state index is -4.35. The molecule has 0 spiro atoms. The van der Waals surface area contributed by atoms with E-state index in [9.17, 15) is 13.2 Å². The second-order valence-electron chi connectivity index (χ2n) is 6.96. The predicted molar refractivity (Wildman–Crippen MR) is 104 cm³/mol. The summed E-state index contributed by atoms with van der Waals surface area (Å²) in [6.07, 6.45) is 0.393. The van der Waals surface area contributed by atoms with Crippen molar-refractivity contribution in [2.75, 3.05) is 7.11 Å². The zero-order valence-corrected chi connectivity index (χ0v) is 15.3. The average molecular weight is 380 g/mol. The number of halogens is 3. The van der Waals surface area contributed by atoms with E-state index >= 15 is 0 Å². The number of hydrogen-bond donors (Lipinski definition) is 0. The van der Waals surface area contributed by atoms with Crippen LogP contribution in [0, 0.1) is 0 Å². The van der Waals surface area contributed by atoms with Gasteiger partial charge in [-0.3, -0.25) is 0 Å². The molecular weight excluding hydrogens is 361 g/mol. The van der Waals surface area contributed by atoms with Gasteiger partial charge in [0.05, 0.1) is 12.7 Å². The standard InChI is InChI=1S/C24H19F3O/c1-28-22-9-5-6-17-16-23(15-14-21(17)22,18-7-3-2-4-8-18)19-10-12-20(13-11-19)24(25,26)27/h2-15H,16H2,1H3. The topological polar surface area (TPSA) is 9.23 Å². The zero-order valence-electron chi connectivity index (χ0n) is 15.3. The van der Waals surface area contributed by atoms with E-state index in [1.807, 2.05) is 54.6 Å². The fraction of sp³-hybridized carbons (Fsp3) is 0.167. The molecular formula is C24H19F3O. The number of fused-ring (bicyclic) bond motifs is 1. The number of methoxy groups -OCH3 is 1. The lowest BCUT2D eigenvalue weighted by atomic mass is 9.67. The number of allylic oxidation sites excluding steroid dienone is 1. The van der Waals surface area contributed by atoms with Crippen LogP contribution < -0.4 is 4.74 Å². The Bertz CT molecular complexity index is 1000.